The van der Waals surface area contributed by atoms with Gasteiger partial charge < -0.3 is 10.4 Å². The van der Waals surface area contributed by atoms with Gasteiger partial charge >= 0.3 is 5.97 Å². The molecule has 1 saturated carbocycles. The number of benzene rings is 2. The van der Waals surface area contributed by atoms with E-state index in [2.05, 4.69) is 5.32 Å². The van der Waals surface area contributed by atoms with Crippen molar-refractivity contribution < 1.29 is 14.7 Å². The number of anilines is 1. The highest BCUT2D eigenvalue weighted by Crippen LogP contribution is 2.40. The Labute approximate surface area is 122 Å². The number of rotatable bonds is 4. The SMILES string of the molecule is O=C(O)C1CC1C(=O)Nc1ccccc1-c1ccccc1. The molecule has 0 spiro atoms. The van der Waals surface area contributed by atoms with Crippen LogP contribution in [0.3, 0.4) is 0 Å². The van der Waals surface area contributed by atoms with Crippen LogP contribution in [0.5, 0.6) is 0 Å². The Kier molecular flexibility index (Phi) is 3.44. The lowest BCUT2D eigenvalue weighted by molar-refractivity contribution is -0.139. The van der Waals surface area contributed by atoms with E-state index in [1.54, 1.807) is 0 Å². The van der Waals surface area contributed by atoms with Crippen molar-refractivity contribution in [2.24, 2.45) is 11.8 Å². The minimum atomic E-state index is -0.897. The Morgan fingerprint density at radius 3 is 2.29 bits per heavy atom. The molecule has 2 unspecified atom stereocenters. The lowest BCUT2D eigenvalue weighted by Gasteiger charge is -2.11. The summed E-state index contributed by atoms with van der Waals surface area (Å²) in [6, 6.07) is 17.3. The monoisotopic (exact) mass is 281 g/mol. The van der Waals surface area contributed by atoms with Crippen molar-refractivity contribution in [2.75, 3.05) is 5.32 Å². The van der Waals surface area contributed by atoms with E-state index >= 15 is 0 Å². The third-order valence-corrected chi connectivity index (χ3v) is 3.71. The molecular formula is C17H15NO3. The molecule has 0 saturated heterocycles. The first kappa shape index (κ1) is 13.4. The first-order valence-corrected chi connectivity index (χ1v) is 6.85. The summed E-state index contributed by atoms with van der Waals surface area (Å²) >= 11 is 0. The number of amides is 1. The molecule has 21 heavy (non-hydrogen) atoms. The van der Waals surface area contributed by atoms with E-state index in [0.717, 1.165) is 11.1 Å². The summed E-state index contributed by atoms with van der Waals surface area (Å²) in [5.74, 6) is -2.06. The zero-order valence-electron chi connectivity index (χ0n) is 11.3. The highest BCUT2D eigenvalue weighted by atomic mass is 16.4. The molecule has 2 aromatic rings. The van der Waals surface area contributed by atoms with Crippen LogP contribution >= 0.6 is 0 Å². The number of carbonyl (C=O) groups is 2. The predicted octanol–water partition coefficient (Wildman–Crippen LogP) is 3.01. The molecule has 2 atom stereocenters. The summed E-state index contributed by atoms with van der Waals surface area (Å²) in [6.07, 6.45) is 0.425. The highest BCUT2D eigenvalue weighted by Gasteiger charge is 2.48. The van der Waals surface area contributed by atoms with E-state index in [4.69, 9.17) is 5.11 Å². The minimum absolute atomic E-state index is 0.217. The number of carboxylic acid groups (broad SMARTS) is 1. The molecule has 1 aliphatic rings. The van der Waals surface area contributed by atoms with Gasteiger partial charge in [-0.2, -0.15) is 0 Å². The summed E-state index contributed by atoms with van der Waals surface area (Å²) in [5, 5.41) is 11.7. The summed E-state index contributed by atoms with van der Waals surface area (Å²) in [7, 11) is 0. The Balaban J connectivity index is 1.81. The van der Waals surface area contributed by atoms with Gasteiger partial charge in [0.05, 0.1) is 11.8 Å². The zero-order chi connectivity index (χ0) is 14.8. The molecule has 4 heteroatoms. The van der Waals surface area contributed by atoms with Crippen LogP contribution in [0.1, 0.15) is 6.42 Å². The third kappa shape index (κ3) is 2.79. The topological polar surface area (TPSA) is 66.4 Å². The number of para-hydroxylation sites is 1. The van der Waals surface area contributed by atoms with Crippen molar-refractivity contribution in [1.29, 1.82) is 0 Å². The molecule has 3 rings (SSSR count). The van der Waals surface area contributed by atoms with Gasteiger partial charge in [-0.1, -0.05) is 48.5 Å². The normalized spacial score (nSPS) is 19.8. The summed E-state index contributed by atoms with van der Waals surface area (Å²) < 4.78 is 0. The molecule has 2 aromatic carbocycles. The van der Waals surface area contributed by atoms with Crippen LogP contribution in [0.15, 0.2) is 54.6 Å². The van der Waals surface area contributed by atoms with Crippen molar-refractivity contribution in [2.45, 2.75) is 6.42 Å². The van der Waals surface area contributed by atoms with Crippen molar-refractivity contribution >= 4 is 17.6 Å². The first-order chi connectivity index (χ1) is 10.2. The molecule has 106 valence electrons. The fourth-order valence-electron chi connectivity index (χ4n) is 2.44. The number of nitrogens with one attached hydrogen (secondary N) is 1. The second-order valence-corrected chi connectivity index (χ2v) is 5.19. The average molecular weight is 281 g/mol. The quantitative estimate of drug-likeness (QED) is 0.905. The molecule has 0 radical (unpaired) electrons. The maximum absolute atomic E-state index is 12.1. The van der Waals surface area contributed by atoms with Crippen molar-refractivity contribution in [3.05, 3.63) is 54.6 Å². The van der Waals surface area contributed by atoms with Gasteiger partial charge in [-0.3, -0.25) is 9.59 Å². The number of hydrogen-bond donors (Lipinski definition) is 2. The molecule has 2 N–H and O–H groups in total. The van der Waals surface area contributed by atoms with Crippen LogP contribution in [0.4, 0.5) is 5.69 Å². The van der Waals surface area contributed by atoms with Gasteiger partial charge in [-0.05, 0) is 18.1 Å². The van der Waals surface area contributed by atoms with Gasteiger partial charge in [0.1, 0.15) is 0 Å². The van der Waals surface area contributed by atoms with Crippen LogP contribution in [0.2, 0.25) is 0 Å². The molecule has 0 aromatic heterocycles. The van der Waals surface area contributed by atoms with Crippen molar-refractivity contribution in [1.82, 2.24) is 0 Å². The number of hydrogen-bond acceptors (Lipinski definition) is 2. The molecule has 4 nitrogen and oxygen atoms in total. The van der Waals surface area contributed by atoms with Gasteiger partial charge in [-0.25, -0.2) is 0 Å². The number of carboxylic acids is 1. The van der Waals surface area contributed by atoms with Crippen LogP contribution in [0.25, 0.3) is 11.1 Å². The Morgan fingerprint density at radius 1 is 0.952 bits per heavy atom. The minimum Gasteiger partial charge on any atom is -0.481 e. The molecule has 1 amide bonds. The van der Waals surface area contributed by atoms with Gasteiger partial charge in [0.2, 0.25) is 5.91 Å². The van der Waals surface area contributed by atoms with Crippen molar-refractivity contribution in [3.63, 3.8) is 0 Å². The second-order valence-electron chi connectivity index (χ2n) is 5.19. The van der Waals surface area contributed by atoms with E-state index in [-0.39, 0.29) is 5.91 Å². The van der Waals surface area contributed by atoms with E-state index in [1.807, 2.05) is 54.6 Å². The maximum atomic E-state index is 12.1. The Morgan fingerprint density at radius 2 is 1.62 bits per heavy atom. The average Bonchev–Trinajstić information content (AvgIpc) is 3.29. The van der Waals surface area contributed by atoms with Crippen LogP contribution in [0, 0.1) is 11.8 Å². The van der Waals surface area contributed by atoms with E-state index < -0.39 is 17.8 Å². The molecule has 1 fully saturated rings. The molecular weight excluding hydrogens is 266 g/mol. The van der Waals surface area contributed by atoms with E-state index in [1.165, 1.54) is 0 Å². The Hall–Kier alpha value is -2.62. The van der Waals surface area contributed by atoms with Gasteiger partial charge in [-0.15, -0.1) is 0 Å². The summed E-state index contributed by atoms with van der Waals surface area (Å²) in [6.45, 7) is 0. The second kappa shape index (κ2) is 5.40. The Bertz CT molecular complexity index is 681. The zero-order valence-corrected chi connectivity index (χ0v) is 11.3. The highest BCUT2D eigenvalue weighted by molar-refractivity contribution is 6.00. The lowest BCUT2D eigenvalue weighted by Crippen LogP contribution is -2.17. The first-order valence-electron chi connectivity index (χ1n) is 6.85. The van der Waals surface area contributed by atoms with Crippen LogP contribution in [-0.4, -0.2) is 17.0 Å². The predicted molar refractivity (Wildman–Crippen MR) is 79.7 cm³/mol. The molecule has 1 aliphatic carbocycles. The fourth-order valence-corrected chi connectivity index (χ4v) is 2.44. The fraction of sp³-hybridized carbons (Fsp3) is 0.176. The molecule has 0 heterocycles. The van der Waals surface area contributed by atoms with Gasteiger partial charge in [0.15, 0.2) is 0 Å². The third-order valence-electron chi connectivity index (χ3n) is 3.71. The number of carbonyl (C=O) groups excluding carboxylic acids is 1. The standard InChI is InChI=1S/C17H15NO3/c19-16(13-10-14(13)17(20)21)18-15-9-5-4-8-12(15)11-6-2-1-3-7-11/h1-9,13-14H,10H2,(H,18,19)(H,20,21). The van der Waals surface area contributed by atoms with Crippen LogP contribution in [-0.2, 0) is 9.59 Å². The largest absolute Gasteiger partial charge is 0.481 e. The lowest BCUT2D eigenvalue weighted by atomic mass is 10.0. The maximum Gasteiger partial charge on any atom is 0.307 e. The number of aliphatic carboxylic acids is 1. The van der Waals surface area contributed by atoms with Gasteiger partial charge in [0.25, 0.3) is 0 Å². The smallest absolute Gasteiger partial charge is 0.307 e. The van der Waals surface area contributed by atoms with Crippen LogP contribution < -0.4 is 5.32 Å². The van der Waals surface area contributed by atoms with Crippen molar-refractivity contribution in [3.8, 4) is 11.1 Å². The summed E-state index contributed by atoms with van der Waals surface area (Å²) in [5.41, 5.74) is 2.66. The molecule has 0 bridgehead atoms. The van der Waals surface area contributed by atoms with Gasteiger partial charge in [0, 0.05) is 11.3 Å². The summed E-state index contributed by atoms with van der Waals surface area (Å²) in [4.78, 5) is 22.9. The molecule has 0 aliphatic heterocycles. The van der Waals surface area contributed by atoms with E-state index in [0.29, 0.717) is 12.1 Å². The van der Waals surface area contributed by atoms with E-state index in [9.17, 15) is 9.59 Å².